The first-order valence-corrected chi connectivity index (χ1v) is 8.85. The highest BCUT2D eigenvalue weighted by molar-refractivity contribution is 5.98. The molecule has 0 aliphatic heterocycles. The van der Waals surface area contributed by atoms with Crippen molar-refractivity contribution < 1.29 is 32.6 Å². The van der Waals surface area contributed by atoms with Crippen molar-refractivity contribution in [3.63, 3.8) is 0 Å². The number of amides is 1. The highest BCUT2D eigenvalue weighted by atomic mass is 19.3. The number of aryl methyl sites for hydroxylation is 3. The van der Waals surface area contributed by atoms with Crippen molar-refractivity contribution in [3.8, 4) is 11.5 Å². The normalized spacial score (nSPS) is 11.7. The molecule has 0 aliphatic rings. The number of rotatable bonds is 7. The molecule has 8 heteroatoms. The molecule has 0 fully saturated rings. The van der Waals surface area contributed by atoms with Gasteiger partial charge >= 0.3 is 12.6 Å². The van der Waals surface area contributed by atoms with Gasteiger partial charge in [0, 0.05) is 5.69 Å². The Kier molecular flexibility index (Phi) is 7.14. The van der Waals surface area contributed by atoms with Crippen molar-refractivity contribution in [2.45, 2.75) is 40.4 Å². The van der Waals surface area contributed by atoms with Gasteiger partial charge in [0.15, 0.2) is 17.6 Å². The number of methoxy groups -OCH3 is 1. The number of ether oxygens (including phenoxy) is 3. The first kappa shape index (κ1) is 22.1. The van der Waals surface area contributed by atoms with E-state index in [1.54, 1.807) is 0 Å². The van der Waals surface area contributed by atoms with Crippen LogP contribution in [0.1, 0.15) is 34.0 Å². The van der Waals surface area contributed by atoms with Crippen molar-refractivity contribution in [1.82, 2.24) is 0 Å². The maximum atomic E-state index is 12.5. The predicted octanol–water partition coefficient (Wildman–Crippen LogP) is 4.41. The second-order valence-electron chi connectivity index (χ2n) is 6.55. The second-order valence-corrected chi connectivity index (χ2v) is 6.55. The number of halogens is 2. The summed E-state index contributed by atoms with van der Waals surface area (Å²) in [4.78, 5) is 24.8. The average molecular weight is 407 g/mol. The minimum atomic E-state index is -3.03. The highest BCUT2D eigenvalue weighted by Gasteiger charge is 2.22. The topological polar surface area (TPSA) is 73.9 Å². The Morgan fingerprint density at radius 2 is 1.62 bits per heavy atom. The van der Waals surface area contributed by atoms with Gasteiger partial charge in [0.25, 0.3) is 5.91 Å². The van der Waals surface area contributed by atoms with Crippen LogP contribution in [0, 0.1) is 20.8 Å². The predicted molar refractivity (Wildman–Crippen MR) is 104 cm³/mol. The van der Waals surface area contributed by atoms with Crippen LogP contribution in [-0.4, -0.2) is 31.7 Å². The summed E-state index contributed by atoms with van der Waals surface area (Å²) in [5.41, 5.74) is 3.57. The van der Waals surface area contributed by atoms with Crippen LogP contribution >= 0.6 is 0 Å². The second kappa shape index (κ2) is 9.36. The Labute approximate surface area is 167 Å². The summed E-state index contributed by atoms with van der Waals surface area (Å²) in [7, 11) is 1.26. The van der Waals surface area contributed by atoms with Crippen LogP contribution in [0.5, 0.6) is 11.5 Å². The van der Waals surface area contributed by atoms with Crippen LogP contribution < -0.4 is 14.8 Å². The van der Waals surface area contributed by atoms with Crippen LogP contribution in [-0.2, 0) is 9.53 Å². The van der Waals surface area contributed by atoms with Gasteiger partial charge < -0.3 is 19.5 Å². The van der Waals surface area contributed by atoms with E-state index in [9.17, 15) is 18.4 Å². The Morgan fingerprint density at radius 3 is 2.17 bits per heavy atom. The molecular formula is C21H23F2NO5. The van der Waals surface area contributed by atoms with Crippen molar-refractivity contribution >= 4 is 17.6 Å². The summed E-state index contributed by atoms with van der Waals surface area (Å²) in [5, 5.41) is 2.77. The molecule has 2 rings (SSSR count). The molecule has 29 heavy (non-hydrogen) atoms. The van der Waals surface area contributed by atoms with Crippen molar-refractivity contribution in [1.29, 1.82) is 0 Å². The molecule has 1 amide bonds. The van der Waals surface area contributed by atoms with Crippen molar-refractivity contribution in [2.75, 3.05) is 12.4 Å². The Morgan fingerprint density at radius 1 is 1.00 bits per heavy atom. The molecule has 0 heterocycles. The number of alkyl halides is 2. The first-order valence-electron chi connectivity index (χ1n) is 8.85. The van der Waals surface area contributed by atoms with Crippen LogP contribution in [0.25, 0.3) is 0 Å². The fourth-order valence-corrected chi connectivity index (χ4v) is 2.87. The average Bonchev–Trinajstić information content (AvgIpc) is 2.64. The minimum Gasteiger partial charge on any atom is -0.493 e. The van der Waals surface area contributed by atoms with E-state index in [2.05, 4.69) is 10.1 Å². The first-order chi connectivity index (χ1) is 13.6. The lowest BCUT2D eigenvalue weighted by atomic mass is 10.0. The van der Waals surface area contributed by atoms with E-state index in [1.807, 2.05) is 32.9 Å². The number of benzene rings is 2. The van der Waals surface area contributed by atoms with Gasteiger partial charge in [0.05, 0.1) is 12.7 Å². The smallest absolute Gasteiger partial charge is 0.387 e. The van der Waals surface area contributed by atoms with Gasteiger partial charge in [-0.3, -0.25) is 4.79 Å². The molecule has 1 atom stereocenters. The number of carbonyl (C=O) groups is 2. The third kappa shape index (κ3) is 5.66. The van der Waals surface area contributed by atoms with Gasteiger partial charge in [-0.2, -0.15) is 8.78 Å². The molecule has 0 saturated heterocycles. The Bertz CT molecular complexity index is 891. The lowest BCUT2D eigenvalue weighted by Crippen LogP contribution is -2.30. The fourth-order valence-electron chi connectivity index (χ4n) is 2.87. The molecule has 0 radical (unpaired) electrons. The molecule has 6 nitrogen and oxygen atoms in total. The number of carbonyl (C=O) groups excluding carboxylic acids is 2. The lowest BCUT2D eigenvalue weighted by Gasteiger charge is -2.17. The van der Waals surface area contributed by atoms with Gasteiger partial charge in [0.2, 0.25) is 0 Å². The zero-order valence-electron chi connectivity index (χ0n) is 16.8. The summed E-state index contributed by atoms with van der Waals surface area (Å²) in [6, 6.07) is 7.51. The third-order valence-corrected chi connectivity index (χ3v) is 4.19. The summed E-state index contributed by atoms with van der Waals surface area (Å²) in [5.74, 6) is -1.55. The van der Waals surface area contributed by atoms with E-state index < -0.39 is 24.6 Å². The monoisotopic (exact) mass is 407 g/mol. The third-order valence-electron chi connectivity index (χ3n) is 4.19. The van der Waals surface area contributed by atoms with E-state index in [0.29, 0.717) is 5.69 Å². The van der Waals surface area contributed by atoms with E-state index in [1.165, 1.54) is 32.2 Å². The van der Waals surface area contributed by atoms with E-state index in [-0.39, 0.29) is 17.1 Å². The standard InChI is InChI=1S/C21H23F2NO5/c1-11-8-12(2)18(13(3)9-11)24-19(25)14(4)28-20(26)15-6-7-16(29-21(22)23)17(10-15)27-5/h6-10,14,21H,1-5H3,(H,24,25)/t14-/m0/s1. The molecular weight excluding hydrogens is 384 g/mol. The quantitative estimate of drug-likeness (QED) is 0.689. The fraction of sp³-hybridized carbons (Fsp3) is 0.333. The number of esters is 1. The van der Waals surface area contributed by atoms with Gasteiger partial charge in [-0.15, -0.1) is 0 Å². The highest BCUT2D eigenvalue weighted by Crippen LogP contribution is 2.30. The van der Waals surface area contributed by atoms with E-state index >= 15 is 0 Å². The van der Waals surface area contributed by atoms with E-state index in [4.69, 9.17) is 9.47 Å². The molecule has 2 aromatic carbocycles. The summed E-state index contributed by atoms with van der Waals surface area (Å²) < 4.78 is 39.3. The maximum absolute atomic E-state index is 12.5. The van der Waals surface area contributed by atoms with E-state index in [0.717, 1.165) is 16.7 Å². The van der Waals surface area contributed by atoms with Crippen LogP contribution in [0.15, 0.2) is 30.3 Å². The molecule has 0 saturated carbocycles. The molecule has 156 valence electrons. The maximum Gasteiger partial charge on any atom is 0.387 e. The van der Waals surface area contributed by atoms with Crippen molar-refractivity contribution in [3.05, 3.63) is 52.6 Å². The van der Waals surface area contributed by atoms with Gasteiger partial charge in [0.1, 0.15) is 0 Å². The van der Waals surface area contributed by atoms with Crippen LogP contribution in [0.4, 0.5) is 14.5 Å². The molecule has 0 aromatic heterocycles. The minimum absolute atomic E-state index is 0.0332. The molecule has 0 bridgehead atoms. The number of hydrogen-bond acceptors (Lipinski definition) is 5. The summed E-state index contributed by atoms with van der Waals surface area (Å²) in [6.07, 6.45) is -1.08. The summed E-state index contributed by atoms with van der Waals surface area (Å²) in [6.45, 7) is 4.13. The largest absolute Gasteiger partial charge is 0.493 e. The number of nitrogens with one attached hydrogen (secondary N) is 1. The van der Waals surface area contributed by atoms with Crippen LogP contribution in [0.2, 0.25) is 0 Å². The van der Waals surface area contributed by atoms with Gasteiger partial charge in [-0.1, -0.05) is 17.7 Å². The van der Waals surface area contributed by atoms with Crippen LogP contribution in [0.3, 0.4) is 0 Å². The zero-order chi connectivity index (χ0) is 21.7. The number of anilines is 1. The number of hydrogen-bond donors (Lipinski definition) is 1. The molecule has 0 unspecified atom stereocenters. The molecule has 2 aromatic rings. The summed E-state index contributed by atoms with van der Waals surface area (Å²) >= 11 is 0. The molecule has 0 aliphatic carbocycles. The van der Waals surface area contributed by atoms with Gasteiger partial charge in [-0.25, -0.2) is 4.79 Å². The Hall–Kier alpha value is -3.16. The molecule has 1 N–H and O–H groups in total. The molecule has 0 spiro atoms. The Balaban J connectivity index is 2.09. The van der Waals surface area contributed by atoms with Gasteiger partial charge in [-0.05, 0) is 57.0 Å². The van der Waals surface area contributed by atoms with Crippen molar-refractivity contribution in [2.24, 2.45) is 0 Å². The zero-order valence-corrected chi connectivity index (χ0v) is 16.8. The lowest BCUT2D eigenvalue weighted by molar-refractivity contribution is -0.123. The SMILES string of the molecule is COc1cc(C(=O)O[C@@H](C)C(=O)Nc2c(C)cc(C)cc2C)ccc1OC(F)F.